The predicted molar refractivity (Wildman–Crippen MR) is 75.1 cm³/mol. The van der Waals surface area contributed by atoms with Crippen LogP contribution in [-0.4, -0.2) is 64.8 Å². The van der Waals surface area contributed by atoms with Crippen molar-refractivity contribution in [3.63, 3.8) is 0 Å². The Morgan fingerprint density at radius 2 is 1.86 bits per heavy atom. The molecule has 1 saturated heterocycles. The fourth-order valence-corrected chi connectivity index (χ4v) is 2.38. The van der Waals surface area contributed by atoms with Crippen LogP contribution in [-0.2, 0) is 9.59 Å². The van der Waals surface area contributed by atoms with Crippen molar-refractivity contribution in [2.24, 2.45) is 0 Å². The highest BCUT2D eigenvalue weighted by molar-refractivity contribution is 5.86. The zero-order chi connectivity index (χ0) is 15.8. The quantitative estimate of drug-likeness (QED) is 0.529. The summed E-state index contributed by atoms with van der Waals surface area (Å²) in [4.78, 5) is 35.5. The Morgan fingerprint density at radius 1 is 1.24 bits per heavy atom. The maximum atomic E-state index is 11.7. The molecule has 21 heavy (non-hydrogen) atoms. The number of nitrogens with one attached hydrogen (secondary N) is 2. The molecular formula is C13H23N3O5. The molecule has 1 aliphatic rings. The lowest BCUT2D eigenvalue weighted by Gasteiger charge is -2.32. The molecule has 8 nitrogen and oxygen atoms in total. The SMILES string of the molecule is CCCN1CCC(NC(=O)N[C@@H](CC(=O)O)C(=O)O)CC1. The van der Waals surface area contributed by atoms with Gasteiger partial charge in [0, 0.05) is 19.1 Å². The summed E-state index contributed by atoms with van der Waals surface area (Å²) in [5.74, 6) is -2.62. The van der Waals surface area contributed by atoms with E-state index in [0.29, 0.717) is 0 Å². The molecule has 0 aliphatic carbocycles. The molecule has 0 radical (unpaired) electrons. The lowest BCUT2D eigenvalue weighted by molar-refractivity contribution is -0.145. The van der Waals surface area contributed by atoms with Gasteiger partial charge in [-0.05, 0) is 25.8 Å². The van der Waals surface area contributed by atoms with Gasteiger partial charge in [-0.2, -0.15) is 0 Å². The summed E-state index contributed by atoms with van der Waals surface area (Å²) in [7, 11) is 0. The highest BCUT2D eigenvalue weighted by Gasteiger charge is 2.25. The Bertz CT molecular complexity index is 380. The van der Waals surface area contributed by atoms with Crippen LogP contribution in [0, 0.1) is 0 Å². The van der Waals surface area contributed by atoms with Gasteiger partial charge in [0.2, 0.25) is 0 Å². The number of rotatable bonds is 7. The first-order valence-corrected chi connectivity index (χ1v) is 7.16. The number of carbonyl (C=O) groups is 3. The van der Waals surface area contributed by atoms with Gasteiger partial charge in [0.25, 0.3) is 0 Å². The molecule has 0 unspecified atom stereocenters. The van der Waals surface area contributed by atoms with E-state index in [4.69, 9.17) is 10.2 Å². The second-order valence-electron chi connectivity index (χ2n) is 5.22. The number of amides is 2. The highest BCUT2D eigenvalue weighted by Crippen LogP contribution is 2.10. The number of piperidine rings is 1. The van der Waals surface area contributed by atoms with Gasteiger partial charge >= 0.3 is 18.0 Å². The van der Waals surface area contributed by atoms with Crippen molar-refractivity contribution in [3.05, 3.63) is 0 Å². The van der Waals surface area contributed by atoms with E-state index in [1.165, 1.54) is 0 Å². The molecule has 1 aliphatic heterocycles. The monoisotopic (exact) mass is 301 g/mol. The van der Waals surface area contributed by atoms with Crippen LogP contribution in [0.25, 0.3) is 0 Å². The van der Waals surface area contributed by atoms with Gasteiger partial charge in [-0.15, -0.1) is 0 Å². The molecule has 0 aromatic rings. The molecule has 120 valence electrons. The Balaban J connectivity index is 2.36. The summed E-state index contributed by atoms with van der Waals surface area (Å²) in [5, 5.41) is 22.4. The number of carboxylic acids is 2. The number of carboxylic acid groups (broad SMARTS) is 2. The summed E-state index contributed by atoms with van der Waals surface area (Å²) in [6, 6.07) is -2.04. The van der Waals surface area contributed by atoms with Gasteiger partial charge in [0.15, 0.2) is 0 Å². The number of aliphatic carboxylic acids is 2. The summed E-state index contributed by atoms with van der Waals surface area (Å²) in [5.41, 5.74) is 0. The largest absolute Gasteiger partial charge is 0.481 e. The fraction of sp³-hybridized carbons (Fsp3) is 0.769. The van der Waals surface area contributed by atoms with Crippen LogP contribution in [0.15, 0.2) is 0 Å². The van der Waals surface area contributed by atoms with Gasteiger partial charge < -0.3 is 25.7 Å². The van der Waals surface area contributed by atoms with Crippen molar-refractivity contribution in [3.8, 4) is 0 Å². The molecule has 8 heteroatoms. The summed E-state index contributed by atoms with van der Waals surface area (Å²) < 4.78 is 0. The van der Waals surface area contributed by atoms with Crippen molar-refractivity contribution in [1.82, 2.24) is 15.5 Å². The van der Waals surface area contributed by atoms with Crippen LogP contribution in [0.4, 0.5) is 4.79 Å². The van der Waals surface area contributed by atoms with Crippen LogP contribution < -0.4 is 10.6 Å². The maximum absolute atomic E-state index is 11.7. The molecular weight excluding hydrogens is 278 g/mol. The van der Waals surface area contributed by atoms with Gasteiger partial charge in [0.05, 0.1) is 6.42 Å². The van der Waals surface area contributed by atoms with Crippen LogP contribution in [0.1, 0.15) is 32.6 Å². The second kappa shape index (κ2) is 8.46. The second-order valence-corrected chi connectivity index (χ2v) is 5.22. The van der Waals surface area contributed by atoms with Crippen LogP contribution in [0.2, 0.25) is 0 Å². The topological polar surface area (TPSA) is 119 Å². The standard InChI is InChI=1S/C13H23N3O5/c1-2-5-16-6-3-9(4-7-16)14-13(21)15-10(12(19)20)8-11(17)18/h9-10H,2-8H2,1H3,(H,17,18)(H,19,20)(H2,14,15,21)/t10-/m0/s1. The maximum Gasteiger partial charge on any atom is 0.326 e. The summed E-state index contributed by atoms with van der Waals surface area (Å²) in [6.07, 6.45) is 2.07. The number of hydrogen-bond donors (Lipinski definition) is 4. The molecule has 1 atom stereocenters. The van der Waals surface area contributed by atoms with E-state index in [9.17, 15) is 14.4 Å². The summed E-state index contributed by atoms with van der Waals surface area (Å²) >= 11 is 0. The molecule has 4 N–H and O–H groups in total. The molecule has 2 amide bonds. The molecule has 1 rings (SSSR count). The van der Waals surface area contributed by atoms with Gasteiger partial charge in [-0.3, -0.25) is 4.79 Å². The molecule has 0 bridgehead atoms. The third-order valence-electron chi connectivity index (χ3n) is 3.44. The first-order valence-electron chi connectivity index (χ1n) is 7.16. The van der Waals surface area contributed by atoms with Crippen molar-refractivity contribution in [2.75, 3.05) is 19.6 Å². The first kappa shape index (κ1) is 17.2. The van der Waals surface area contributed by atoms with Crippen molar-refractivity contribution in [2.45, 2.75) is 44.7 Å². The fourth-order valence-electron chi connectivity index (χ4n) is 2.38. The number of nitrogens with zero attached hydrogens (tertiary/aromatic N) is 1. The van der Waals surface area contributed by atoms with Crippen LogP contribution in [0.3, 0.4) is 0 Å². The van der Waals surface area contributed by atoms with E-state index >= 15 is 0 Å². The van der Waals surface area contributed by atoms with E-state index in [0.717, 1.165) is 38.9 Å². The van der Waals surface area contributed by atoms with Crippen LogP contribution in [0.5, 0.6) is 0 Å². The Kier molecular flexibility index (Phi) is 6.93. The van der Waals surface area contributed by atoms with E-state index < -0.39 is 30.4 Å². The number of carbonyl (C=O) groups excluding carboxylic acids is 1. The Labute approximate surface area is 123 Å². The van der Waals surface area contributed by atoms with Crippen molar-refractivity contribution >= 4 is 18.0 Å². The lowest BCUT2D eigenvalue weighted by atomic mass is 10.1. The molecule has 1 heterocycles. The first-order chi connectivity index (χ1) is 9.92. The Morgan fingerprint density at radius 3 is 2.33 bits per heavy atom. The number of likely N-dealkylation sites (tertiary alicyclic amines) is 1. The Hall–Kier alpha value is -1.83. The smallest absolute Gasteiger partial charge is 0.326 e. The number of urea groups is 1. The molecule has 0 aromatic carbocycles. The van der Waals surface area contributed by atoms with E-state index in [2.05, 4.69) is 22.5 Å². The normalized spacial score (nSPS) is 18.0. The molecule has 0 saturated carbocycles. The zero-order valence-electron chi connectivity index (χ0n) is 12.2. The molecule has 1 fully saturated rings. The molecule has 0 aromatic heterocycles. The minimum atomic E-state index is -1.41. The average molecular weight is 301 g/mol. The predicted octanol–water partition coefficient (Wildman–Crippen LogP) is 0.0879. The number of hydrogen-bond acceptors (Lipinski definition) is 4. The zero-order valence-corrected chi connectivity index (χ0v) is 12.2. The third-order valence-corrected chi connectivity index (χ3v) is 3.44. The minimum absolute atomic E-state index is 0.00243. The van der Waals surface area contributed by atoms with E-state index in [1.807, 2.05) is 0 Å². The summed E-state index contributed by atoms with van der Waals surface area (Å²) in [6.45, 7) is 4.96. The van der Waals surface area contributed by atoms with E-state index in [-0.39, 0.29) is 6.04 Å². The van der Waals surface area contributed by atoms with Gasteiger partial charge in [-0.1, -0.05) is 6.92 Å². The highest BCUT2D eigenvalue weighted by atomic mass is 16.4. The van der Waals surface area contributed by atoms with Gasteiger partial charge in [0.1, 0.15) is 6.04 Å². The third kappa shape index (κ3) is 6.44. The van der Waals surface area contributed by atoms with Gasteiger partial charge in [-0.25, -0.2) is 9.59 Å². The van der Waals surface area contributed by atoms with Crippen molar-refractivity contribution in [1.29, 1.82) is 0 Å². The van der Waals surface area contributed by atoms with Crippen LogP contribution >= 0.6 is 0 Å². The van der Waals surface area contributed by atoms with Crippen molar-refractivity contribution < 1.29 is 24.6 Å². The molecule has 0 spiro atoms. The lowest BCUT2D eigenvalue weighted by Crippen LogP contribution is -2.52. The average Bonchev–Trinajstić information content (AvgIpc) is 2.40. The minimum Gasteiger partial charge on any atom is -0.481 e. The van der Waals surface area contributed by atoms with E-state index in [1.54, 1.807) is 0 Å².